The quantitative estimate of drug-likeness (QED) is 0.602. The van der Waals surface area contributed by atoms with Crippen LogP contribution in [-0.4, -0.2) is 83.8 Å². The van der Waals surface area contributed by atoms with Crippen molar-refractivity contribution in [1.82, 2.24) is 4.90 Å². The third-order valence-corrected chi connectivity index (χ3v) is 7.40. The maximum Gasteiger partial charge on any atom is 0.311 e. The number of rotatable bonds is 4. The van der Waals surface area contributed by atoms with Crippen LogP contribution in [0.25, 0.3) is 0 Å². The zero-order valence-corrected chi connectivity index (χ0v) is 21.6. The number of hydrogen-bond acceptors (Lipinski definition) is 8. The summed E-state index contributed by atoms with van der Waals surface area (Å²) in [5.74, 6) is -1.45. The second-order valence-electron chi connectivity index (χ2n) is 10.7. The third-order valence-electron chi connectivity index (χ3n) is 7.40. The molecule has 0 aromatic carbocycles. The summed E-state index contributed by atoms with van der Waals surface area (Å²) in [4.78, 5) is 27.9. The summed E-state index contributed by atoms with van der Waals surface area (Å²) in [6.07, 6.45) is -1.89. The molecule has 0 aromatic heterocycles. The van der Waals surface area contributed by atoms with Gasteiger partial charge in [-0.25, -0.2) is 0 Å². The Morgan fingerprint density at radius 1 is 1.06 bits per heavy atom. The van der Waals surface area contributed by atoms with Crippen molar-refractivity contribution in [3.8, 4) is 0 Å². The van der Waals surface area contributed by atoms with Gasteiger partial charge in [0.15, 0.2) is 6.29 Å². The fourth-order valence-electron chi connectivity index (χ4n) is 5.22. The monoisotopic (exact) mass is 471 g/mol. The summed E-state index contributed by atoms with van der Waals surface area (Å²) >= 11 is 0. The van der Waals surface area contributed by atoms with Gasteiger partial charge in [-0.15, -0.1) is 0 Å². The molecule has 0 aromatic rings. The molecule has 0 radical (unpaired) electrons. The van der Waals surface area contributed by atoms with Crippen LogP contribution in [0.1, 0.15) is 67.2 Å². The van der Waals surface area contributed by atoms with Crippen LogP contribution in [0.2, 0.25) is 0 Å². The van der Waals surface area contributed by atoms with E-state index in [4.69, 9.17) is 14.2 Å². The van der Waals surface area contributed by atoms with Crippen molar-refractivity contribution in [1.29, 1.82) is 0 Å². The maximum absolute atomic E-state index is 13.2. The molecule has 2 fully saturated rings. The van der Waals surface area contributed by atoms with Gasteiger partial charge in [-0.3, -0.25) is 9.59 Å². The van der Waals surface area contributed by atoms with Gasteiger partial charge in [0.2, 0.25) is 0 Å². The highest BCUT2D eigenvalue weighted by atomic mass is 16.7. The van der Waals surface area contributed by atoms with Crippen LogP contribution in [0.15, 0.2) is 0 Å². The van der Waals surface area contributed by atoms with E-state index in [1.807, 2.05) is 46.7 Å². The van der Waals surface area contributed by atoms with Crippen LogP contribution in [-0.2, 0) is 23.8 Å². The summed E-state index contributed by atoms with van der Waals surface area (Å²) in [7, 11) is 3.82. The number of carbonyl (C=O) groups is 2. The minimum Gasteiger partial charge on any atom is -0.459 e. The van der Waals surface area contributed by atoms with Gasteiger partial charge in [0, 0.05) is 18.4 Å². The Bertz CT molecular complexity index is 655. The van der Waals surface area contributed by atoms with Crippen LogP contribution in [0, 0.1) is 23.7 Å². The summed E-state index contributed by atoms with van der Waals surface area (Å²) in [6.45, 7) is 11.0. The lowest BCUT2D eigenvalue weighted by atomic mass is 9.82. The highest BCUT2D eigenvalue weighted by molar-refractivity contribution is 5.80. The second-order valence-corrected chi connectivity index (χ2v) is 10.7. The van der Waals surface area contributed by atoms with Crippen LogP contribution >= 0.6 is 0 Å². The average Bonchev–Trinajstić information content (AvgIpc) is 2.73. The summed E-state index contributed by atoms with van der Waals surface area (Å²) < 4.78 is 18.0. The lowest BCUT2D eigenvalue weighted by Crippen LogP contribution is -2.56. The minimum atomic E-state index is -0.894. The Balaban J connectivity index is 2.32. The molecule has 2 heterocycles. The van der Waals surface area contributed by atoms with Crippen LogP contribution < -0.4 is 0 Å². The summed E-state index contributed by atoms with van der Waals surface area (Å²) in [5, 5.41) is 21.2. The number of ketones is 1. The molecule has 8 heteroatoms. The van der Waals surface area contributed by atoms with E-state index in [9.17, 15) is 19.8 Å². The van der Waals surface area contributed by atoms with E-state index in [2.05, 4.69) is 0 Å². The van der Waals surface area contributed by atoms with Crippen molar-refractivity contribution >= 4 is 11.8 Å². The highest BCUT2D eigenvalue weighted by Crippen LogP contribution is 2.32. The van der Waals surface area contributed by atoms with Crippen molar-refractivity contribution in [2.24, 2.45) is 23.7 Å². The van der Waals surface area contributed by atoms with Gasteiger partial charge in [-0.05, 0) is 66.0 Å². The number of Topliss-reactive ketones (excluding diaryl/α,β-unsaturated/α-hetero) is 1. The van der Waals surface area contributed by atoms with E-state index in [-0.39, 0.29) is 35.7 Å². The number of aliphatic hydroxyl groups is 2. The molecule has 0 amide bonds. The Morgan fingerprint density at radius 3 is 2.27 bits per heavy atom. The molecule has 0 aliphatic carbocycles. The first kappa shape index (κ1) is 28.2. The molecule has 2 aliphatic rings. The first-order chi connectivity index (χ1) is 15.3. The van der Waals surface area contributed by atoms with Crippen LogP contribution in [0.3, 0.4) is 0 Å². The first-order valence-corrected chi connectivity index (χ1v) is 12.4. The lowest BCUT2D eigenvalue weighted by molar-refractivity contribution is -0.279. The molecule has 192 valence electrons. The SMILES string of the molecule is CC(O)C1OC(=O)[C@H](C)C(O[C@@H]2O[C@H](C)C[C@H](N(C)C)[C@H]2O)[C@@H](C)C[C@@H](C)C(=O)CC[C@H]1C. The maximum atomic E-state index is 13.2. The van der Waals surface area contributed by atoms with Gasteiger partial charge < -0.3 is 29.3 Å². The van der Waals surface area contributed by atoms with Crippen molar-refractivity contribution in [3.05, 3.63) is 0 Å². The molecule has 11 atom stereocenters. The Labute approximate surface area is 198 Å². The number of cyclic esters (lactones) is 1. The van der Waals surface area contributed by atoms with E-state index in [1.165, 1.54) is 0 Å². The predicted octanol–water partition coefficient (Wildman–Crippen LogP) is 2.39. The van der Waals surface area contributed by atoms with Gasteiger partial charge in [0.25, 0.3) is 0 Å². The molecule has 0 saturated carbocycles. The van der Waals surface area contributed by atoms with Gasteiger partial charge in [0.1, 0.15) is 18.0 Å². The lowest BCUT2D eigenvalue weighted by Gasteiger charge is -2.43. The van der Waals surface area contributed by atoms with E-state index in [0.717, 1.165) is 0 Å². The number of nitrogens with zero attached hydrogens (tertiary/aromatic N) is 1. The van der Waals surface area contributed by atoms with Crippen LogP contribution in [0.5, 0.6) is 0 Å². The number of likely N-dealkylation sites (N-methyl/N-ethyl adjacent to an activating group) is 1. The molecule has 2 N–H and O–H groups in total. The number of carbonyl (C=O) groups excluding carboxylic acids is 2. The fourth-order valence-corrected chi connectivity index (χ4v) is 5.22. The molecule has 33 heavy (non-hydrogen) atoms. The molecule has 2 rings (SSSR count). The van der Waals surface area contributed by atoms with E-state index >= 15 is 0 Å². The molecule has 0 bridgehead atoms. The van der Waals surface area contributed by atoms with E-state index < -0.39 is 42.6 Å². The van der Waals surface area contributed by atoms with Gasteiger partial charge >= 0.3 is 5.97 Å². The number of esters is 1. The second kappa shape index (κ2) is 12.1. The molecular weight excluding hydrogens is 426 g/mol. The topological polar surface area (TPSA) is 106 Å². The van der Waals surface area contributed by atoms with Crippen molar-refractivity contribution in [3.63, 3.8) is 0 Å². The number of aliphatic hydroxyl groups excluding tert-OH is 2. The summed E-state index contributed by atoms with van der Waals surface area (Å²) in [5.41, 5.74) is 0. The molecule has 2 saturated heterocycles. The van der Waals surface area contributed by atoms with Crippen molar-refractivity contribution in [2.75, 3.05) is 14.1 Å². The highest BCUT2D eigenvalue weighted by Gasteiger charge is 2.43. The van der Waals surface area contributed by atoms with Gasteiger partial charge in [0.05, 0.1) is 24.2 Å². The molecular formula is C25H45NO7. The van der Waals surface area contributed by atoms with E-state index in [0.29, 0.717) is 25.7 Å². The Hall–Kier alpha value is -1.06. The van der Waals surface area contributed by atoms with E-state index in [1.54, 1.807) is 13.8 Å². The third kappa shape index (κ3) is 7.21. The smallest absolute Gasteiger partial charge is 0.311 e. The molecule has 0 spiro atoms. The van der Waals surface area contributed by atoms with Gasteiger partial charge in [-0.2, -0.15) is 0 Å². The molecule has 8 nitrogen and oxygen atoms in total. The van der Waals surface area contributed by atoms with Crippen molar-refractivity contribution < 1.29 is 34.0 Å². The zero-order valence-electron chi connectivity index (χ0n) is 21.6. The van der Waals surface area contributed by atoms with Crippen LogP contribution in [0.4, 0.5) is 0 Å². The van der Waals surface area contributed by atoms with Crippen molar-refractivity contribution in [2.45, 2.75) is 110 Å². The number of ether oxygens (including phenoxy) is 3. The minimum absolute atomic E-state index is 0.115. The number of hydrogen-bond donors (Lipinski definition) is 2. The summed E-state index contributed by atoms with van der Waals surface area (Å²) in [6, 6.07) is -0.136. The molecule has 2 aliphatic heterocycles. The average molecular weight is 472 g/mol. The Morgan fingerprint density at radius 2 is 1.70 bits per heavy atom. The largest absolute Gasteiger partial charge is 0.459 e. The fraction of sp³-hybridized carbons (Fsp3) is 0.920. The predicted molar refractivity (Wildman–Crippen MR) is 124 cm³/mol. The van der Waals surface area contributed by atoms with Gasteiger partial charge in [-0.1, -0.05) is 20.8 Å². The molecule has 3 unspecified atom stereocenters. The Kier molecular flexibility index (Phi) is 10.3. The first-order valence-electron chi connectivity index (χ1n) is 12.4. The zero-order chi connectivity index (χ0) is 25.0. The normalized spacial score (nSPS) is 42.9. The standard InChI is InChI=1S/C25H45NO7/c1-13-9-10-20(28)14(2)11-15(3)22(17(5)24(30)32-23(13)18(6)27)33-25-21(29)19(26(7)8)12-16(4)31-25/h13-19,21-23,25,27,29H,9-12H2,1-8H3/t13-,14-,15+,16-,17-,18?,19+,21-,22?,23?,25+/m1/s1.